The summed E-state index contributed by atoms with van der Waals surface area (Å²) >= 11 is 11.2. The van der Waals surface area contributed by atoms with E-state index < -0.39 is 37.8 Å². The molecule has 3 amide bonds. The Morgan fingerprint density at radius 3 is 1.91 bits per heavy atom. The normalized spacial score (nSPS) is 15.5. The summed E-state index contributed by atoms with van der Waals surface area (Å²) < 4.78 is 25.3. The van der Waals surface area contributed by atoms with Crippen molar-refractivity contribution in [1.29, 1.82) is 0 Å². The van der Waals surface area contributed by atoms with Crippen LogP contribution in [0.15, 0.2) is 39.2 Å². The van der Waals surface area contributed by atoms with E-state index in [1.807, 2.05) is 0 Å². The highest BCUT2D eigenvalue weighted by molar-refractivity contribution is 7.90. The van der Waals surface area contributed by atoms with Crippen molar-refractivity contribution in [2.75, 3.05) is 4.90 Å². The zero-order chi connectivity index (χ0) is 16.7. The molecule has 0 fully saturated rings. The fraction of sp³-hybridized carbons (Fsp3) is 0.0833. The van der Waals surface area contributed by atoms with Crippen LogP contribution >= 0.6 is 23.2 Å². The Kier molecular flexibility index (Phi) is 4.28. The monoisotopic (exact) mass is 362 g/mol. The molecule has 0 saturated heterocycles. The average Bonchev–Trinajstić information content (AvgIpc) is 2.62. The van der Waals surface area contributed by atoms with Crippen molar-refractivity contribution in [3.05, 3.63) is 34.3 Å². The van der Waals surface area contributed by atoms with E-state index in [-0.39, 0.29) is 10.6 Å². The number of anilines is 1. The number of carbonyl (C=O) groups excluding carboxylic acids is 3. The largest absolute Gasteiger partial charge is 0.278 e. The number of rotatable bonds is 3. The number of carbonyl (C=O) groups is 3. The Morgan fingerprint density at radius 2 is 1.50 bits per heavy atom. The van der Waals surface area contributed by atoms with Crippen LogP contribution in [0, 0.1) is 0 Å². The summed E-state index contributed by atoms with van der Waals surface area (Å²) in [4.78, 5) is 35.0. The Hall–Kier alpha value is -1.90. The molecule has 0 saturated carbocycles. The van der Waals surface area contributed by atoms with Crippen molar-refractivity contribution in [2.24, 2.45) is 0 Å². The fourth-order valence-electron chi connectivity index (χ4n) is 1.73. The second kappa shape index (κ2) is 5.71. The van der Waals surface area contributed by atoms with Gasteiger partial charge in [0.1, 0.15) is 10.1 Å². The molecule has 1 aromatic rings. The molecule has 0 radical (unpaired) electrons. The van der Waals surface area contributed by atoms with Gasteiger partial charge in [0, 0.05) is 6.92 Å². The third-order valence-electron chi connectivity index (χ3n) is 2.66. The van der Waals surface area contributed by atoms with E-state index >= 15 is 0 Å². The number of nitrogens with one attached hydrogen (secondary N) is 1. The minimum Gasteiger partial charge on any atom is -0.274 e. The Bertz CT molecular complexity index is 790. The van der Waals surface area contributed by atoms with Crippen LogP contribution in [0.3, 0.4) is 0 Å². The zero-order valence-corrected chi connectivity index (χ0v) is 13.3. The van der Waals surface area contributed by atoms with Crippen LogP contribution in [0.2, 0.25) is 0 Å². The van der Waals surface area contributed by atoms with Gasteiger partial charge in [0.2, 0.25) is 5.91 Å². The first kappa shape index (κ1) is 16.5. The van der Waals surface area contributed by atoms with Crippen LogP contribution in [0.4, 0.5) is 5.69 Å². The molecule has 1 aliphatic rings. The molecule has 0 aromatic heterocycles. The molecule has 1 aromatic carbocycles. The highest BCUT2D eigenvalue weighted by atomic mass is 35.5. The van der Waals surface area contributed by atoms with Crippen molar-refractivity contribution in [3.8, 4) is 0 Å². The van der Waals surface area contributed by atoms with Gasteiger partial charge in [-0.15, -0.1) is 0 Å². The molecule has 0 atom stereocenters. The minimum absolute atomic E-state index is 0.102. The number of hydrogen-bond donors (Lipinski definition) is 1. The predicted octanol–water partition coefficient (Wildman–Crippen LogP) is 1.07. The van der Waals surface area contributed by atoms with Crippen LogP contribution in [-0.2, 0) is 24.4 Å². The molecule has 1 heterocycles. The predicted molar refractivity (Wildman–Crippen MR) is 78.7 cm³/mol. The fourth-order valence-corrected chi connectivity index (χ4v) is 3.05. The molecule has 7 nitrogen and oxygen atoms in total. The summed E-state index contributed by atoms with van der Waals surface area (Å²) in [5, 5.41) is -0.803. The Morgan fingerprint density at radius 1 is 1.05 bits per heavy atom. The lowest BCUT2D eigenvalue weighted by Crippen LogP contribution is -2.31. The van der Waals surface area contributed by atoms with Crippen molar-refractivity contribution >= 4 is 56.6 Å². The maximum atomic E-state index is 11.8. The highest BCUT2D eigenvalue weighted by Crippen LogP contribution is 2.31. The lowest BCUT2D eigenvalue weighted by molar-refractivity contribution is -0.120. The van der Waals surface area contributed by atoms with Gasteiger partial charge in [-0.05, 0) is 24.3 Å². The Labute approximate surface area is 135 Å². The minimum atomic E-state index is -4.00. The topological polar surface area (TPSA) is 101 Å². The molecule has 0 aliphatic carbocycles. The van der Waals surface area contributed by atoms with Crippen LogP contribution in [0.25, 0.3) is 0 Å². The van der Waals surface area contributed by atoms with Crippen molar-refractivity contribution < 1.29 is 22.8 Å². The first-order valence-corrected chi connectivity index (χ1v) is 7.96. The Balaban J connectivity index is 2.34. The van der Waals surface area contributed by atoms with Crippen LogP contribution in [0.5, 0.6) is 0 Å². The number of nitrogens with zero attached hydrogens (tertiary/aromatic N) is 1. The van der Waals surface area contributed by atoms with Gasteiger partial charge < -0.3 is 0 Å². The average molecular weight is 363 g/mol. The van der Waals surface area contributed by atoms with Gasteiger partial charge in [-0.25, -0.2) is 18.0 Å². The van der Waals surface area contributed by atoms with Crippen LogP contribution in [0.1, 0.15) is 6.92 Å². The standard InChI is InChI=1S/C12H8Cl2N2O5S/c1-6(17)15-22(20,21)8-4-2-7(3-5-8)16-11(18)9(13)10(14)12(16)19/h2-5H,1H3,(H,15,17). The number of halogens is 2. The van der Waals surface area contributed by atoms with Crippen LogP contribution < -0.4 is 9.62 Å². The lowest BCUT2D eigenvalue weighted by atomic mass is 10.3. The lowest BCUT2D eigenvalue weighted by Gasteiger charge is -2.14. The first-order valence-electron chi connectivity index (χ1n) is 5.72. The van der Waals surface area contributed by atoms with Gasteiger partial charge in [-0.3, -0.25) is 14.4 Å². The van der Waals surface area contributed by atoms with Gasteiger partial charge in [-0.2, -0.15) is 0 Å². The molecular weight excluding hydrogens is 355 g/mol. The summed E-state index contributed by atoms with van der Waals surface area (Å²) in [5.74, 6) is -2.33. The third kappa shape index (κ3) is 2.85. The van der Waals surface area contributed by atoms with Crippen molar-refractivity contribution in [2.45, 2.75) is 11.8 Å². The summed E-state index contributed by atoms with van der Waals surface area (Å²) in [6, 6.07) is 4.73. The SMILES string of the molecule is CC(=O)NS(=O)(=O)c1ccc(N2C(=O)C(Cl)=C(Cl)C2=O)cc1. The van der Waals surface area contributed by atoms with E-state index in [1.165, 1.54) is 12.1 Å². The number of benzene rings is 1. The van der Waals surface area contributed by atoms with Gasteiger partial charge >= 0.3 is 0 Å². The van der Waals surface area contributed by atoms with E-state index in [0.29, 0.717) is 0 Å². The van der Waals surface area contributed by atoms with E-state index in [4.69, 9.17) is 23.2 Å². The van der Waals surface area contributed by atoms with E-state index in [2.05, 4.69) is 0 Å². The molecule has 2 rings (SSSR count). The molecule has 10 heteroatoms. The summed E-state index contributed by atoms with van der Waals surface area (Å²) in [6.45, 7) is 1.06. The molecule has 0 bridgehead atoms. The molecule has 116 valence electrons. The smallest absolute Gasteiger partial charge is 0.274 e. The highest BCUT2D eigenvalue weighted by Gasteiger charge is 2.37. The summed E-state index contributed by atoms with van der Waals surface area (Å²) in [7, 11) is -4.00. The number of hydrogen-bond acceptors (Lipinski definition) is 5. The van der Waals surface area contributed by atoms with Crippen molar-refractivity contribution in [3.63, 3.8) is 0 Å². The number of sulfonamides is 1. The van der Waals surface area contributed by atoms with Crippen molar-refractivity contribution in [1.82, 2.24) is 4.72 Å². The van der Waals surface area contributed by atoms with Gasteiger partial charge in [0.25, 0.3) is 21.8 Å². The maximum absolute atomic E-state index is 11.8. The number of amides is 3. The molecule has 0 unspecified atom stereocenters. The van der Waals surface area contributed by atoms with E-state index in [9.17, 15) is 22.8 Å². The third-order valence-corrected chi connectivity index (χ3v) is 4.90. The first-order chi connectivity index (χ1) is 10.1. The van der Waals surface area contributed by atoms with Gasteiger partial charge in [0.05, 0.1) is 10.6 Å². The quantitative estimate of drug-likeness (QED) is 0.810. The summed E-state index contributed by atoms with van der Waals surface area (Å²) in [6.07, 6.45) is 0. The number of imide groups is 1. The molecule has 1 aliphatic heterocycles. The second-order valence-electron chi connectivity index (χ2n) is 4.23. The molecule has 0 spiro atoms. The van der Waals surface area contributed by atoms with E-state index in [1.54, 1.807) is 4.72 Å². The maximum Gasteiger partial charge on any atom is 0.278 e. The molecular formula is C12H8Cl2N2O5S. The summed E-state index contributed by atoms with van der Waals surface area (Å²) in [5.41, 5.74) is 0.102. The van der Waals surface area contributed by atoms with Gasteiger partial charge in [0.15, 0.2) is 0 Å². The molecule has 22 heavy (non-hydrogen) atoms. The van der Waals surface area contributed by atoms with Gasteiger partial charge in [-0.1, -0.05) is 23.2 Å². The zero-order valence-electron chi connectivity index (χ0n) is 11.0. The van der Waals surface area contributed by atoms with Crippen LogP contribution in [-0.4, -0.2) is 26.1 Å². The second-order valence-corrected chi connectivity index (χ2v) is 6.67. The molecule has 1 N–H and O–H groups in total. The van der Waals surface area contributed by atoms with E-state index in [0.717, 1.165) is 24.0 Å².